The Morgan fingerprint density at radius 1 is 1.43 bits per heavy atom. The number of halogens is 1. The van der Waals surface area contributed by atoms with E-state index in [0.717, 1.165) is 5.56 Å². The standard InChI is InChI=1S/C15H17FN4O3/c1-22-9-13-18-12(19-23-13)8-20-7-6-17-15(21)14(20)10-2-4-11(16)5-3-10/h2-5,14H,6-9H2,1H3,(H,17,21). The summed E-state index contributed by atoms with van der Waals surface area (Å²) in [6.45, 7) is 1.79. The second-order valence-electron chi connectivity index (χ2n) is 5.25. The van der Waals surface area contributed by atoms with Crippen LogP contribution in [0.5, 0.6) is 0 Å². The molecule has 23 heavy (non-hydrogen) atoms. The zero-order chi connectivity index (χ0) is 16.2. The molecular formula is C15H17FN4O3. The van der Waals surface area contributed by atoms with Crippen molar-refractivity contribution in [1.29, 1.82) is 0 Å². The molecule has 1 aliphatic heterocycles. The van der Waals surface area contributed by atoms with Crippen LogP contribution in [-0.2, 0) is 22.7 Å². The molecule has 1 aromatic heterocycles. The number of carbonyl (C=O) groups is 1. The lowest BCUT2D eigenvalue weighted by Crippen LogP contribution is -2.49. The van der Waals surface area contributed by atoms with E-state index in [-0.39, 0.29) is 18.3 Å². The first-order chi connectivity index (χ1) is 11.2. The van der Waals surface area contributed by atoms with Gasteiger partial charge in [0.1, 0.15) is 18.5 Å². The highest BCUT2D eigenvalue weighted by atomic mass is 19.1. The Kier molecular flexibility index (Phi) is 4.63. The minimum atomic E-state index is -0.506. The van der Waals surface area contributed by atoms with Crippen molar-refractivity contribution in [3.8, 4) is 0 Å². The lowest BCUT2D eigenvalue weighted by molar-refractivity contribution is -0.129. The molecule has 1 unspecified atom stereocenters. The molecule has 1 amide bonds. The zero-order valence-electron chi connectivity index (χ0n) is 12.7. The normalized spacial score (nSPS) is 18.9. The van der Waals surface area contributed by atoms with Crippen molar-refractivity contribution in [2.45, 2.75) is 19.2 Å². The van der Waals surface area contributed by atoms with Crippen LogP contribution < -0.4 is 5.32 Å². The maximum atomic E-state index is 13.1. The highest BCUT2D eigenvalue weighted by Crippen LogP contribution is 2.24. The Balaban J connectivity index is 1.79. The van der Waals surface area contributed by atoms with Gasteiger partial charge in [-0.25, -0.2) is 4.39 Å². The van der Waals surface area contributed by atoms with Crippen molar-refractivity contribution in [1.82, 2.24) is 20.4 Å². The molecule has 0 bridgehead atoms. The molecule has 7 nitrogen and oxygen atoms in total. The fourth-order valence-corrected chi connectivity index (χ4v) is 2.61. The zero-order valence-corrected chi connectivity index (χ0v) is 12.7. The monoisotopic (exact) mass is 320 g/mol. The maximum absolute atomic E-state index is 13.1. The van der Waals surface area contributed by atoms with Crippen LogP contribution >= 0.6 is 0 Å². The minimum absolute atomic E-state index is 0.122. The SMILES string of the molecule is COCc1nc(CN2CCNC(=O)C2c2ccc(F)cc2)no1. The van der Waals surface area contributed by atoms with Crippen LogP contribution in [0.2, 0.25) is 0 Å². The minimum Gasteiger partial charge on any atom is -0.375 e. The first-order valence-electron chi connectivity index (χ1n) is 7.25. The molecular weight excluding hydrogens is 303 g/mol. The van der Waals surface area contributed by atoms with Gasteiger partial charge in [0, 0.05) is 20.2 Å². The molecule has 1 N–H and O–H groups in total. The van der Waals surface area contributed by atoms with Crippen LogP contribution in [0.4, 0.5) is 4.39 Å². The topological polar surface area (TPSA) is 80.5 Å². The van der Waals surface area contributed by atoms with Crippen LogP contribution in [-0.4, -0.2) is 41.1 Å². The van der Waals surface area contributed by atoms with Gasteiger partial charge in [0.05, 0.1) is 6.54 Å². The van der Waals surface area contributed by atoms with E-state index in [4.69, 9.17) is 9.26 Å². The van der Waals surface area contributed by atoms with Gasteiger partial charge in [-0.3, -0.25) is 9.69 Å². The van der Waals surface area contributed by atoms with Crippen molar-refractivity contribution >= 4 is 5.91 Å². The van der Waals surface area contributed by atoms with Crippen molar-refractivity contribution in [3.05, 3.63) is 47.4 Å². The van der Waals surface area contributed by atoms with E-state index in [1.165, 1.54) is 12.1 Å². The van der Waals surface area contributed by atoms with Crippen molar-refractivity contribution < 1.29 is 18.4 Å². The quantitative estimate of drug-likeness (QED) is 0.886. The Hall–Kier alpha value is -2.32. The van der Waals surface area contributed by atoms with Crippen molar-refractivity contribution in [2.24, 2.45) is 0 Å². The predicted molar refractivity (Wildman–Crippen MR) is 77.6 cm³/mol. The van der Waals surface area contributed by atoms with Crippen LogP contribution in [0, 0.1) is 5.82 Å². The first kappa shape index (κ1) is 15.6. The number of benzene rings is 1. The van der Waals surface area contributed by atoms with Crippen molar-refractivity contribution in [3.63, 3.8) is 0 Å². The molecule has 122 valence electrons. The number of methoxy groups -OCH3 is 1. The number of hydrogen-bond acceptors (Lipinski definition) is 6. The lowest BCUT2D eigenvalue weighted by atomic mass is 10.0. The number of carbonyl (C=O) groups excluding carboxylic acids is 1. The Morgan fingerprint density at radius 2 is 2.22 bits per heavy atom. The summed E-state index contributed by atoms with van der Waals surface area (Å²) in [5.74, 6) is 0.420. The summed E-state index contributed by atoms with van der Waals surface area (Å²) in [5.41, 5.74) is 0.726. The number of rotatable bonds is 5. The number of hydrogen-bond donors (Lipinski definition) is 1. The molecule has 3 rings (SSSR count). The summed E-state index contributed by atoms with van der Waals surface area (Å²) in [5, 5.41) is 6.72. The Bertz CT molecular complexity index is 674. The predicted octanol–water partition coefficient (Wildman–Crippen LogP) is 1.03. The maximum Gasteiger partial charge on any atom is 0.252 e. The van der Waals surface area contributed by atoms with Crippen LogP contribution in [0.15, 0.2) is 28.8 Å². The van der Waals surface area contributed by atoms with Crippen LogP contribution in [0.25, 0.3) is 0 Å². The van der Waals surface area contributed by atoms with E-state index >= 15 is 0 Å². The average Bonchev–Trinajstić information content (AvgIpc) is 2.97. The van der Waals surface area contributed by atoms with Gasteiger partial charge in [-0.1, -0.05) is 17.3 Å². The molecule has 2 aromatic rings. The van der Waals surface area contributed by atoms with E-state index in [2.05, 4.69) is 15.5 Å². The summed E-state index contributed by atoms with van der Waals surface area (Å²) in [6.07, 6.45) is 0. The molecule has 0 spiro atoms. The van der Waals surface area contributed by atoms with Gasteiger partial charge in [-0.15, -0.1) is 0 Å². The van der Waals surface area contributed by atoms with E-state index in [0.29, 0.717) is 31.3 Å². The molecule has 8 heteroatoms. The van der Waals surface area contributed by atoms with E-state index in [1.54, 1.807) is 19.2 Å². The van der Waals surface area contributed by atoms with Gasteiger partial charge in [0.25, 0.3) is 5.89 Å². The summed E-state index contributed by atoms with van der Waals surface area (Å²) in [6, 6.07) is 5.42. The fraction of sp³-hybridized carbons (Fsp3) is 0.400. The molecule has 2 heterocycles. The van der Waals surface area contributed by atoms with Gasteiger partial charge in [-0.2, -0.15) is 4.98 Å². The largest absolute Gasteiger partial charge is 0.375 e. The van der Waals surface area contributed by atoms with Gasteiger partial charge in [-0.05, 0) is 17.7 Å². The first-order valence-corrected chi connectivity index (χ1v) is 7.25. The molecule has 0 aliphatic carbocycles. The molecule has 1 atom stereocenters. The average molecular weight is 320 g/mol. The third-order valence-electron chi connectivity index (χ3n) is 3.62. The van der Waals surface area contributed by atoms with E-state index in [9.17, 15) is 9.18 Å². The third kappa shape index (κ3) is 3.54. The summed E-state index contributed by atoms with van der Waals surface area (Å²) in [7, 11) is 1.55. The third-order valence-corrected chi connectivity index (χ3v) is 3.62. The van der Waals surface area contributed by atoms with Gasteiger partial charge in [0.2, 0.25) is 5.91 Å². The number of nitrogens with one attached hydrogen (secondary N) is 1. The number of nitrogens with zero attached hydrogens (tertiary/aromatic N) is 3. The summed E-state index contributed by atoms with van der Waals surface area (Å²) in [4.78, 5) is 18.4. The molecule has 1 fully saturated rings. The second-order valence-corrected chi connectivity index (χ2v) is 5.25. The van der Waals surface area contributed by atoms with Crippen molar-refractivity contribution in [2.75, 3.05) is 20.2 Å². The second kappa shape index (κ2) is 6.84. The smallest absolute Gasteiger partial charge is 0.252 e. The summed E-state index contributed by atoms with van der Waals surface area (Å²) < 4.78 is 23.1. The van der Waals surface area contributed by atoms with Gasteiger partial charge in [0.15, 0.2) is 5.82 Å². The van der Waals surface area contributed by atoms with E-state index < -0.39 is 6.04 Å². The van der Waals surface area contributed by atoms with Gasteiger partial charge >= 0.3 is 0 Å². The number of aromatic nitrogens is 2. The van der Waals surface area contributed by atoms with Crippen LogP contribution in [0.1, 0.15) is 23.3 Å². The molecule has 1 aromatic carbocycles. The Morgan fingerprint density at radius 3 is 2.96 bits per heavy atom. The Labute approximate surface area is 132 Å². The van der Waals surface area contributed by atoms with Gasteiger partial charge < -0.3 is 14.6 Å². The van der Waals surface area contributed by atoms with E-state index in [1.807, 2.05) is 4.90 Å². The number of piperazine rings is 1. The number of amides is 1. The highest BCUT2D eigenvalue weighted by Gasteiger charge is 2.32. The summed E-state index contributed by atoms with van der Waals surface area (Å²) >= 11 is 0. The van der Waals surface area contributed by atoms with Crippen LogP contribution in [0.3, 0.4) is 0 Å². The molecule has 0 saturated carbocycles. The molecule has 1 aliphatic rings. The number of ether oxygens (including phenoxy) is 1. The highest BCUT2D eigenvalue weighted by molar-refractivity contribution is 5.83. The molecule has 0 radical (unpaired) electrons. The fourth-order valence-electron chi connectivity index (χ4n) is 2.61. The molecule has 1 saturated heterocycles. The lowest BCUT2D eigenvalue weighted by Gasteiger charge is -2.34.